The Morgan fingerprint density at radius 1 is 1.29 bits per heavy atom. The number of rotatable bonds is 5. The molecule has 0 aliphatic heterocycles. The van der Waals surface area contributed by atoms with E-state index in [1.165, 1.54) is 0 Å². The first-order valence-electron chi connectivity index (χ1n) is 4.28. The van der Waals surface area contributed by atoms with Crippen molar-refractivity contribution < 1.29 is 14.1 Å². The van der Waals surface area contributed by atoms with Crippen LogP contribution < -0.4 is 0 Å². The Morgan fingerprint density at radius 3 is 2.50 bits per heavy atom. The van der Waals surface area contributed by atoms with Crippen LogP contribution in [0.4, 0.5) is 0 Å². The minimum Gasteiger partial charge on any atom is -0.395 e. The molecule has 14 heavy (non-hydrogen) atoms. The normalized spacial score (nSPS) is 12.4. The molecule has 1 atom stereocenters. The fourth-order valence-corrected chi connectivity index (χ4v) is 1.83. The van der Waals surface area contributed by atoms with E-state index in [4.69, 9.17) is 5.11 Å². The zero-order chi connectivity index (χ0) is 10.4. The molecule has 0 fully saturated rings. The van der Waals surface area contributed by atoms with Gasteiger partial charge in [0.25, 0.3) is 0 Å². The molecule has 0 radical (unpaired) electrons. The maximum atomic E-state index is 11.5. The summed E-state index contributed by atoms with van der Waals surface area (Å²) < 4.78 is 11.2. The molecule has 4 heteroatoms. The van der Waals surface area contributed by atoms with Crippen LogP contribution in [0.25, 0.3) is 0 Å². The second kappa shape index (κ2) is 5.67. The van der Waals surface area contributed by atoms with Crippen molar-refractivity contribution in [3.63, 3.8) is 0 Å². The Bertz CT molecular complexity index is 321. The van der Waals surface area contributed by atoms with Crippen LogP contribution in [-0.2, 0) is 10.8 Å². The molecule has 0 saturated heterocycles. The number of Topliss-reactive ketones (excluding diaryl/α,β-unsaturated/α-hetero) is 1. The van der Waals surface area contributed by atoms with Crippen LogP contribution in [0, 0.1) is 0 Å². The van der Waals surface area contributed by atoms with Crippen molar-refractivity contribution in [3.05, 3.63) is 35.9 Å². The zero-order valence-electron chi connectivity index (χ0n) is 7.68. The predicted molar refractivity (Wildman–Crippen MR) is 55.7 cm³/mol. The van der Waals surface area contributed by atoms with Crippen molar-refractivity contribution in [2.45, 2.75) is 0 Å². The summed E-state index contributed by atoms with van der Waals surface area (Å²) in [4.78, 5) is 11.5. The Labute approximate surface area is 85.2 Å². The van der Waals surface area contributed by atoms with Gasteiger partial charge in [-0.15, -0.1) is 0 Å². The highest BCUT2D eigenvalue weighted by molar-refractivity contribution is 7.85. The molecule has 0 aromatic heterocycles. The molecule has 0 amide bonds. The molecular weight excluding hydrogens is 200 g/mol. The van der Waals surface area contributed by atoms with Crippen LogP contribution in [0.2, 0.25) is 0 Å². The minimum atomic E-state index is -1.25. The average Bonchev–Trinajstić information content (AvgIpc) is 2.19. The van der Waals surface area contributed by atoms with Crippen molar-refractivity contribution in [2.75, 3.05) is 18.1 Å². The lowest BCUT2D eigenvalue weighted by molar-refractivity contribution is 0.102. The molecule has 0 aliphatic carbocycles. The van der Waals surface area contributed by atoms with Crippen molar-refractivity contribution in [2.24, 2.45) is 0 Å². The van der Waals surface area contributed by atoms with Crippen molar-refractivity contribution >= 4 is 16.6 Å². The summed E-state index contributed by atoms with van der Waals surface area (Å²) in [5.41, 5.74) is 0.568. The highest BCUT2D eigenvalue weighted by atomic mass is 32.2. The van der Waals surface area contributed by atoms with E-state index in [9.17, 15) is 9.00 Å². The van der Waals surface area contributed by atoms with Gasteiger partial charge in [0.2, 0.25) is 0 Å². The van der Waals surface area contributed by atoms with Gasteiger partial charge in [0.15, 0.2) is 5.78 Å². The number of benzene rings is 1. The first-order chi connectivity index (χ1) is 6.74. The van der Waals surface area contributed by atoms with Crippen LogP contribution in [-0.4, -0.2) is 33.2 Å². The fourth-order valence-electron chi connectivity index (χ4n) is 1.03. The van der Waals surface area contributed by atoms with Crippen LogP contribution in [0.3, 0.4) is 0 Å². The molecule has 0 unspecified atom stereocenters. The van der Waals surface area contributed by atoms with Gasteiger partial charge in [0.1, 0.15) is 0 Å². The lowest BCUT2D eigenvalue weighted by Crippen LogP contribution is -2.14. The van der Waals surface area contributed by atoms with Crippen molar-refractivity contribution in [1.29, 1.82) is 0 Å². The number of aliphatic hydroxyl groups is 1. The topological polar surface area (TPSA) is 54.4 Å². The average molecular weight is 212 g/mol. The van der Waals surface area contributed by atoms with Gasteiger partial charge < -0.3 is 5.11 Å². The molecule has 0 saturated carbocycles. The standard InChI is InChI=1S/C10H12O3S/c11-6-7-14(13)8-10(12)9-4-2-1-3-5-9/h1-5,11H,6-8H2/t14-/m1/s1. The van der Waals surface area contributed by atoms with Crippen LogP contribution in [0.1, 0.15) is 10.4 Å². The number of aliphatic hydroxyl groups excluding tert-OH is 1. The number of hydrogen-bond acceptors (Lipinski definition) is 3. The van der Waals surface area contributed by atoms with E-state index in [-0.39, 0.29) is 23.9 Å². The van der Waals surface area contributed by atoms with Crippen molar-refractivity contribution in [1.82, 2.24) is 0 Å². The van der Waals surface area contributed by atoms with E-state index in [0.29, 0.717) is 5.56 Å². The van der Waals surface area contributed by atoms with Gasteiger partial charge in [-0.3, -0.25) is 9.00 Å². The number of carbonyl (C=O) groups excluding carboxylic acids is 1. The van der Waals surface area contributed by atoms with Gasteiger partial charge in [-0.1, -0.05) is 30.3 Å². The molecular formula is C10H12O3S. The Balaban J connectivity index is 2.55. The number of carbonyl (C=O) groups is 1. The lowest BCUT2D eigenvalue weighted by Gasteiger charge is -1.99. The third-order valence-corrected chi connectivity index (χ3v) is 2.93. The monoisotopic (exact) mass is 212 g/mol. The number of hydrogen-bond donors (Lipinski definition) is 1. The SMILES string of the molecule is O=C(C[S@](=O)CCO)c1ccccc1. The summed E-state index contributed by atoms with van der Waals surface area (Å²) in [5.74, 6) is 0.0146. The summed E-state index contributed by atoms with van der Waals surface area (Å²) >= 11 is 0. The first-order valence-corrected chi connectivity index (χ1v) is 5.77. The van der Waals surface area contributed by atoms with Crippen LogP contribution in [0.15, 0.2) is 30.3 Å². The summed E-state index contributed by atoms with van der Waals surface area (Å²) in [6.45, 7) is -0.144. The quantitative estimate of drug-likeness (QED) is 0.728. The lowest BCUT2D eigenvalue weighted by atomic mass is 10.2. The predicted octanol–water partition coefficient (Wildman–Crippen LogP) is 0.610. The maximum absolute atomic E-state index is 11.5. The van der Waals surface area contributed by atoms with E-state index in [2.05, 4.69) is 0 Å². The highest BCUT2D eigenvalue weighted by Crippen LogP contribution is 2.01. The molecule has 1 rings (SSSR count). The largest absolute Gasteiger partial charge is 0.395 e. The fraction of sp³-hybridized carbons (Fsp3) is 0.300. The highest BCUT2D eigenvalue weighted by Gasteiger charge is 2.09. The molecule has 1 aromatic carbocycles. The summed E-state index contributed by atoms with van der Waals surface area (Å²) in [6, 6.07) is 8.74. The van der Waals surface area contributed by atoms with Gasteiger partial charge in [0, 0.05) is 22.1 Å². The molecule has 0 spiro atoms. The summed E-state index contributed by atoms with van der Waals surface area (Å²) in [5, 5.41) is 8.52. The van der Waals surface area contributed by atoms with Gasteiger partial charge in [0.05, 0.1) is 12.4 Å². The van der Waals surface area contributed by atoms with Crippen LogP contribution >= 0.6 is 0 Å². The van der Waals surface area contributed by atoms with Gasteiger partial charge >= 0.3 is 0 Å². The third kappa shape index (κ3) is 3.40. The molecule has 1 N–H and O–H groups in total. The molecule has 1 aromatic rings. The molecule has 0 bridgehead atoms. The van der Waals surface area contributed by atoms with Crippen LogP contribution in [0.5, 0.6) is 0 Å². The smallest absolute Gasteiger partial charge is 0.175 e. The second-order valence-corrected chi connectivity index (χ2v) is 4.38. The Morgan fingerprint density at radius 2 is 1.93 bits per heavy atom. The van der Waals surface area contributed by atoms with Gasteiger partial charge in [-0.05, 0) is 0 Å². The van der Waals surface area contributed by atoms with E-state index in [1.54, 1.807) is 24.3 Å². The Kier molecular flexibility index (Phi) is 4.49. The maximum Gasteiger partial charge on any atom is 0.175 e. The first kappa shape index (κ1) is 11.1. The van der Waals surface area contributed by atoms with E-state index < -0.39 is 10.8 Å². The van der Waals surface area contributed by atoms with Gasteiger partial charge in [-0.25, -0.2) is 0 Å². The number of ketones is 1. The second-order valence-electron chi connectivity index (χ2n) is 2.80. The summed E-state index contributed by atoms with van der Waals surface area (Å²) in [7, 11) is -1.25. The van der Waals surface area contributed by atoms with E-state index in [0.717, 1.165) is 0 Å². The molecule has 0 aliphatic rings. The van der Waals surface area contributed by atoms with Crippen molar-refractivity contribution in [3.8, 4) is 0 Å². The zero-order valence-corrected chi connectivity index (χ0v) is 8.50. The summed E-state index contributed by atoms with van der Waals surface area (Å²) in [6.07, 6.45) is 0. The molecule has 3 nitrogen and oxygen atoms in total. The van der Waals surface area contributed by atoms with E-state index >= 15 is 0 Å². The van der Waals surface area contributed by atoms with Gasteiger partial charge in [-0.2, -0.15) is 0 Å². The van der Waals surface area contributed by atoms with E-state index in [1.807, 2.05) is 6.07 Å². The molecule has 0 heterocycles. The molecule has 76 valence electrons. The third-order valence-electron chi connectivity index (χ3n) is 1.71. The Hall–Kier alpha value is -1.00. The minimum absolute atomic E-state index is 0.00935.